The molecule has 4 rings (SSSR count). The van der Waals surface area contributed by atoms with Gasteiger partial charge in [-0.3, -0.25) is 24.6 Å². The molecule has 2 atom stereocenters. The average Bonchev–Trinajstić information content (AvgIpc) is 2.89. The van der Waals surface area contributed by atoms with E-state index in [1.807, 2.05) is 6.07 Å². The smallest absolute Gasteiger partial charge is 0.355 e. The number of carbonyl (C=O) groups is 3. The maximum atomic E-state index is 13.0. The number of allylic oxidation sites excluding steroid dienone is 1. The van der Waals surface area contributed by atoms with E-state index in [0.717, 1.165) is 0 Å². The summed E-state index contributed by atoms with van der Waals surface area (Å²) in [6, 6.07) is 13.5. The van der Waals surface area contributed by atoms with Crippen molar-refractivity contribution in [3.8, 4) is 5.75 Å². The molecule has 0 saturated carbocycles. The number of β-lactam (4-membered cyclic amide) rings is 1. The third-order valence-electron chi connectivity index (χ3n) is 5.50. The number of carbonyl (C=O) groups excluding carboxylic acids is 3. The number of hydrogen-bond acceptors (Lipinski definition) is 8. The number of nitro benzene ring substituents is 1. The fraction of sp³-hybridized carbons (Fsp3) is 0.208. The standard InChI is InChI=1S/C24H20ClN3O7S/c1-14-18(11-25)36-23-20(26-19(29)13-34-17-5-3-2-4-6-17)22(30)27(23)21(14)24(31)35-12-15-7-9-16(10-8-15)28(32)33/h2-11,20,23H,12-13H2,1H3,(H,26,29)/b18-11-/t20?,23-/m1/s1. The number of nitrogens with zero attached hydrogens (tertiary/aromatic N) is 2. The van der Waals surface area contributed by atoms with Crippen LogP contribution in [0.5, 0.6) is 5.75 Å². The van der Waals surface area contributed by atoms with E-state index in [2.05, 4.69) is 5.32 Å². The molecule has 2 aliphatic heterocycles. The number of nitro groups is 1. The van der Waals surface area contributed by atoms with Crippen LogP contribution in [0.2, 0.25) is 0 Å². The molecule has 1 saturated heterocycles. The van der Waals surface area contributed by atoms with E-state index in [9.17, 15) is 24.5 Å². The van der Waals surface area contributed by atoms with Gasteiger partial charge in [-0.25, -0.2) is 4.79 Å². The Kier molecular flexibility index (Phi) is 7.61. The molecule has 0 aliphatic carbocycles. The molecular weight excluding hydrogens is 510 g/mol. The largest absolute Gasteiger partial charge is 0.484 e. The number of benzene rings is 2. The van der Waals surface area contributed by atoms with Crippen molar-refractivity contribution in [3.63, 3.8) is 0 Å². The summed E-state index contributed by atoms with van der Waals surface area (Å²) < 4.78 is 10.8. The number of fused-ring (bicyclic) bond motifs is 1. The second kappa shape index (κ2) is 10.8. The van der Waals surface area contributed by atoms with Crippen LogP contribution < -0.4 is 10.1 Å². The van der Waals surface area contributed by atoms with Gasteiger partial charge < -0.3 is 14.8 Å². The Morgan fingerprint density at radius 3 is 2.53 bits per heavy atom. The molecule has 2 amide bonds. The summed E-state index contributed by atoms with van der Waals surface area (Å²) in [5, 5.41) is 12.9. The predicted octanol–water partition coefficient (Wildman–Crippen LogP) is 3.47. The summed E-state index contributed by atoms with van der Waals surface area (Å²) in [7, 11) is 0. The van der Waals surface area contributed by atoms with E-state index in [1.54, 1.807) is 31.2 Å². The molecule has 186 valence electrons. The molecule has 1 fully saturated rings. The molecule has 12 heteroatoms. The summed E-state index contributed by atoms with van der Waals surface area (Å²) in [6.45, 7) is 1.22. The molecule has 1 unspecified atom stereocenters. The monoisotopic (exact) mass is 529 g/mol. The van der Waals surface area contributed by atoms with Gasteiger partial charge in [-0.15, -0.1) is 0 Å². The van der Waals surface area contributed by atoms with E-state index < -0.39 is 34.1 Å². The molecule has 0 spiro atoms. The number of halogens is 1. The van der Waals surface area contributed by atoms with Crippen LogP contribution in [0.3, 0.4) is 0 Å². The van der Waals surface area contributed by atoms with Crippen molar-refractivity contribution in [3.05, 3.63) is 92.0 Å². The topological polar surface area (TPSA) is 128 Å². The van der Waals surface area contributed by atoms with Gasteiger partial charge in [0.15, 0.2) is 6.61 Å². The van der Waals surface area contributed by atoms with Crippen molar-refractivity contribution in [2.75, 3.05) is 6.61 Å². The van der Waals surface area contributed by atoms with Crippen molar-refractivity contribution < 1.29 is 28.8 Å². The van der Waals surface area contributed by atoms with Gasteiger partial charge in [-0.2, -0.15) is 0 Å². The minimum Gasteiger partial charge on any atom is -0.484 e. The normalized spacial score (nSPS) is 19.9. The molecule has 1 N–H and O–H groups in total. The van der Waals surface area contributed by atoms with Gasteiger partial charge in [-0.05, 0) is 42.3 Å². The SMILES string of the molecule is CC1=C(C(=O)OCc2ccc([N+](=O)[O-])cc2)N2C(=O)C(NC(=O)COc3ccccc3)[C@H]2S/C1=C\Cl. The Balaban J connectivity index is 1.42. The minimum absolute atomic E-state index is 0.0311. The Labute approximate surface area is 215 Å². The van der Waals surface area contributed by atoms with Crippen LogP contribution in [0, 0.1) is 10.1 Å². The van der Waals surface area contributed by atoms with Gasteiger partial charge in [0, 0.05) is 22.6 Å². The molecule has 2 aliphatic rings. The lowest BCUT2D eigenvalue weighted by Gasteiger charge is -2.49. The molecule has 0 aromatic heterocycles. The van der Waals surface area contributed by atoms with Crippen molar-refractivity contribution >= 4 is 46.8 Å². The first-order chi connectivity index (χ1) is 17.3. The van der Waals surface area contributed by atoms with Crippen LogP contribution in [-0.2, 0) is 25.7 Å². The predicted molar refractivity (Wildman–Crippen MR) is 132 cm³/mol. The number of thioether (sulfide) groups is 1. The highest BCUT2D eigenvalue weighted by Crippen LogP contribution is 2.46. The van der Waals surface area contributed by atoms with Gasteiger partial charge >= 0.3 is 5.97 Å². The van der Waals surface area contributed by atoms with Gasteiger partial charge in [0.2, 0.25) is 0 Å². The first kappa shape index (κ1) is 25.3. The lowest BCUT2D eigenvalue weighted by atomic mass is 10.0. The van der Waals surface area contributed by atoms with E-state index in [1.165, 1.54) is 46.5 Å². The molecule has 2 aromatic carbocycles. The summed E-state index contributed by atoms with van der Waals surface area (Å²) in [6.07, 6.45) is 0. The van der Waals surface area contributed by atoms with Gasteiger partial charge in [-0.1, -0.05) is 41.6 Å². The highest BCUT2D eigenvalue weighted by Gasteiger charge is 2.55. The first-order valence-electron chi connectivity index (χ1n) is 10.7. The van der Waals surface area contributed by atoms with E-state index in [-0.39, 0.29) is 24.6 Å². The number of para-hydroxylation sites is 1. The molecule has 36 heavy (non-hydrogen) atoms. The average molecular weight is 530 g/mol. The zero-order valence-corrected chi connectivity index (χ0v) is 20.5. The summed E-state index contributed by atoms with van der Waals surface area (Å²) in [5.74, 6) is -1.18. The fourth-order valence-electron chi connectivity index (χ4n) is 3.64. The molecule has 0 bridgehead atoms. The van der Waals surface area contributed by atoms with E-state index in [0.29, 0.717) is 21.8 Å². The third-order valence-corrected chi connectivity index (χ3v) is 7.25. The maximum absolute atomic E-state index is 13.0. The number of nitrogens with one attached hydrogen (secondary N) is 1. The van der Waals surface area contributed by atoms with Gasteiger partial charge in [0.25, 0.3) is 17.5 Å². The lowest BCUT2D eigenvalue weighted by molar-refractivity contribution is -0.384. The lowest BCUT2D eigenvalue weighted by Crippen LogP contribution is -2.70. The van der Waals surface area contributed by atoms with Crippen LogP contribution in [-0.4, -0.2) is 45.6 Å². The van der Waals surface area contributed by atoms with Crippen LogP contribution >= 0.6 is 23.4 Å². The highest BCUT2D eigenvalue weighted by atomic mass is 35.5. The second-order valence-electron chi connectivity index (χ2n) is 7.81. The molecule has 10 nitrogen and oxygen atoms in total. The van der Waals surface area contributed by atoms with Crippen molar-refractivity contribution in [1.82, 2.24) is 10.2 Å². The number of non-ortho nitro benzene ring substituents is 1. The summed E-state index contributed by atoms with van der Waals surface area (Å²) in [4.78, 5) is 50.4. The molecular formula is C24H20ClN3O7S. The molecule has 2 aromatic rings. The third kappa shape index (κ3) is 5.21. The number of esters is 1. The van der Waals surface area contributed by atoms with Crippen LogP contribution in [0.25, 0.3) is 0 Å². The number of amides is 2. The Morgan fingerprint density at radius 2 is 1.89 bits per heavy atom. The summed E-state index contributed by atoms with van der Waals surface area (Å²) >= 11 is 7.21. The zero-order valence-electron chi connectivity index (χ0n) is 18.9. The Hall–Kier alpha value is -3.83. The zero-order chi connectivity index (χ0) is 25.8. The van der Waals surface area contributed by atoms with E-state index >= 15 is 0 Å². The van der Waals surface area contributed by atoms with Gasteiger partial charge in [0.05, 0.1) is 4.92 Å². The Morgan fingerprint density at radius 1 is 1.19 bits per heavy atom. The first-order valence-corrected chi connectivity index (χ1v) is 12.0. The summed E-state index contributed by atoms with van der Waals surface area (Å²) in [5.41, 5.74) is 2.26. The minimum atomic E-state index is -0.876. The van der Waals surface area contributed by atoms with Crippen molar-refractivity contribution in [2.45, 2.75) is 24.9 Å². The fourth-order valence-corrected chi connectivity index (χ4v) is 5.18. The van der Waals surface area contributed by atoms with Crippen LogP contribution in [0.4, 0.5) is 5.69 Å². The Bertz CT molecular complexity index is 1260. The number of rotatable bonds is 8. The maximum Gasteiger partial charge on any atom is 0.355 e. The number of hydrogen-bond donors (Lipinski definition) is 1. The van der Waals surface area contributed by atoms with Crippen molar-refractivity contribution in [2.24, 2.45) is 0 Å². The van der Waals surface area contributed by atoms with E-state index in [4.69, 9.17) is 21.1 Å². The quantitative estimate of drug-likeness (QED) is 0.238. The van der Waals surface area contributed by atoms with Crippen LogP contribution in [0.1, 0.15) is 12.5 Å². The number of ether oxygens (including phenoxy) is 2. The van der Waals surface area contributed by atoms with Crippen LogP contribution in [0.15, 0.2) is 76.3 Å². The van der Waals surface area contributed by atoms with Crippen molar-refractivity contribution in [1.29, 1.82) is 0 Å². The highest BCUT2D eigenvalue weighted by molar-refractivity contribution is 8.04. The molecule has 2 heterocycles. The second-order valence-corrected chi connectivity index (χ2v) is 9.19. The molecule has 0 radical (unpaired) electrons. The van der Waals surface area contributed by atoms with Gasteiger partial charge in [0.1, 0.15) is 29.5 Å².